The first-order valence-corrected chi connectivity index (χ1v) is 6.05. The van der Waals surface area contributed by atoms with E-state index in [9.17, 15) is 4.79 Å². The van der Waals surface area contributed by atoms with Crippen molar-refractivity contribution in [2.24, 2.45) is 0 Å². The third kappa shape index (κ3) is 2.50. The Balaban J connectivity index is 2.19. The quantitative estimate of drug-likeness (QED) is 0.795. The number of carbonyl (C=O) groups is 1. The van der Waals surface area contributed by atoms with Crippen LogP contribution in [0.2, 0.25) is 0 Å². The highest BCUT2D eigenvalue weighted by atomic mass is 16.5. The van der Waals surface area contributed by atoms with Crippen LogP contribution in [0.5, 0.6) is 0 Å². The molecule has 1 saturated heterocycles. The molecule has 92 valence electrons. The Kier molecular flexibility index (Phi) is 3.48. The Morgan fingerprint density at radius 2 is 2.06 bits per heavy atom. The van der Waals surface area contributed by atoms with Crippen LogP contribution in [0.3, 0.4) is 0 Å². The standard InChI is InChI=1S/C14H19NO2/c1-14(8-3-9-15-10-14)12-6-4-11(5-7-12)13(16)17-2/h4-7,15H,3,8-10H2,1-2H3. The molecule has 2 rings (SSSR count). The topological polar surface area (TPSA) is 38.3 Å². The molecule has 0 spiro atoms. The molecule has 0 aromatic heterocycles. The number of benzene rings is 1. The van der Waals surface area contributed by atoms with Crippen molar-refractivity contribution in [1.82, 2.24) is 5.32 Å². The lowest BCUT2D eigenvalue weighted by molar-refractivity contribution is 0.0600. The number of hydrogen-bond donors (Lipinski definition) is 1. The van der Waals surface area contributed by atoms with Gasteiger partial charge in [0.2, 0.25) is 0 Å². The third-order valence-corrected chi connectivity index (χ3v) is 3.60. The average molecular weight is 233 g/mol. The van der Waals surface area contributed by atoms with Crippen molar-refractivity contribution in [3.05, 3.63) is 35.4 Å². The first kappa shape index (κ1) is 12.1. The predicted octanol–water partition coefficient (Wildman–Crippen LogP) is 2.11. The van der Waals surface area contributed by atoms with E-state index in [1.807, 2.05) is 24.3 Å². The Morgan fingerprint density at radius 3 is 2.59 bits per heavy atom. The molecular formula is C14H19NO2. The molecule has 1 aromatic carbocycles. The largest absolute Gasteiger partial charge is 0.465 e. The molecule has 0 bridgehead atoms. The number of ether oxygens (including phenoxy) is 1. The zero-order valence-corrected chi connectivity index (χ0v) is 10.5. The highest BCUT2D eigenvalue weighted by Gasteiger charge is 2.28. The number of methoxy groups -OCH3 is 1. The van der Waals surface area contributed by atoms with E-state index < -0.39 is 0 Å². The van der Waals surface area contributed by atoms with Gasteiger partial charge in [0.15, 0.2) is 0 Å². The van der Waals surface area contributed by atoms with E-state index in [1.54, 1.807) is 0 Å². The van der Waals surface area contributed by atoms with Crippen molar-refractivity contribution in [2.45, 2.75) is 25.2 Å². The van der Waals surface area contributed by atoms with Gasteiger partial charge in [0.1, 0.15) is 0 Å². The second-order valence-corrected chi connectivity index (χ2v) is 4.91. The van der Waals surface area contributed by atoms with Gasteiger partial charge in [-0.25, -0.2) is 4.79 Å². The Hall–Kier alpha value is -1.35. The lowest BCUT2D eigenvalue weighted by Gasteiger charge is -2.34. The molecule has 1 aromatic rings. The van der Waals surface area contributed by atoms with E-state index in [-0.39, 0.29) is 11.4 Å². The fourth-order valence-electron chi connectivity index (χ4n) is 2.43. The maximum Gasteiger partial charge on any atom is 0.337 e. The van der Waals surface area contributed by atoms with Crippen molar-refractivity contribution >= 4 is 5.97 Å². The zero-order valence-electron chi connectivity index (χ0n) is 10.5. The van der Waals surface area contributed by atoms with E-state index in [0.717, 1.165) is 13.1 Å². The SMILES string of the molecule is COC(=O)c1ccc(C2(C)CCCNC2)cc1. The zero-order chi connectivity index (χ0) is 12.3. The fourth-order valence-corrected chi connectivity index (χ4v) is 2.43. The number of nitrogens with one attached hydrogen (secondary N) is 1. The van der Waals surface area contributed by atoms with Crippen molar-refractivity contribution in [3.8, 4) is 0 Å². The molecule has 1 unspecified atom stereocenters. The number of piperidine rings is 1. The summed E-state index contributed by atoms with van der Waals surface area (Å²) < 4.78 is 4.70. The minimum absolute atomic E-state index is 0.187. The van der Waals surface area contributed by atoms with Crippen LogP contribution in [0.4, 0.5) is 0 Å². The van der Waals surface area contributed by atoms with Crippen LogP contribution < -0.4 is 5.32 Å². The van der Waals surface area contributed by atoms with Gasteiger partial charge in [-0.2, -0.15) is 0 Å². The van der Waals surface area contributed by atoms with Crippen LogP contribution in [0.15, 0.2) is 24.3 Å². The van der Waals surface area contributed by atoms with Gasteiger partial charge < -0.3 is 10.1 Å². The van der Waals surface area contributed by atoms with Crippen molar-refractivity contribution in [2.75, 3.05) is 20.2 Å². The van der Waals surface area contributed by atoms with E-state index in [4.69, 9.17) is 4.74 Å². The number of carbonyl (C=O) groups excluding carboxylic acids is 1. The highest BCUT2D eigenvalue weighted by Crippen LogP contribution is 2.30. The maximum atomic E-state index is 11.3. The normalized spacial score (nSPS) is 24.4. The molecule has 0 aliphatic carbocycles. The molecule has 3 nitrogen and oxygen atoms in total. The summed E-state index contributed by atoms with van der Waals surface area (Å²) in [7, 11) is 1.41. The number of esters is 1. The van der Waals surface area contributed by atoms with Crippen molar-refractivity contribution < 1.29 is 9.53 Å². The first-order chi connectivity index (χ1) is 8.15. The van der Waals surface area contributed by atoms with Crippen LogP contribution in [0.25, 0.3) is 0 Å². The molecule has 1 aliphatic rings. The van der Waals surface area contributed by atoms with E-state index in [2.05, 4.69) is 12.2 Å². The Labute approximate surface area is 102 Å². The van der Waals surface area contributed by atoms with Crippen LogP contribution in [-0.2, 0) is 10.2 Å². The molecule has 1 fully saturated rings. The molecule has 1 heterocycles. The summed E-state index contributed by atoms with van der Waals surface area (Å²) in [5, 5.41) is 3.43. The van der Waals surface area contributed by atoms with Gasteiger partial charge in [-0.3, -0.25) is 0 Å². The van der Waals surface area contributed by atoms with Gasteiger partial charge >= 0.3 is 5.97 Å². The number of hydrogen-bond acceptors (Lipinski definition) is 3. The minimum atomic E-state index is -0.275. The summed E-state index contributed by atoms with van der Waals surface area (Å²) in [6.07, 6.45) is 2.40. The Bertz CT molecular complexity index is 391. The lowest BCUT2D eigenvalue weighted by Crippen LogP contribution is -2.41. The Morgan fingerprint density at radius 1 is 1.35 bits per heavy atom. The van der Waals surface area contributed by atoms with Gasteiger partial charge in [-0.1, -0.05) is 19.1 Å². The summed E-state index contributed by atoms with van der Waals surface area (Å²) in [6, 6.07) is 7.78. The van der Waals surface area contributed by atoms with Crippen LogP contribution in [0, 0.1) is 0 Å². The van der Waals surface area contributed by atoms with Gasteiger partial charge in [0.25, 0.3) is 0 Å². The van der Waals surface area contributed by atoms with Gasteiger partial charge in [-0.15, -0.1) is 0 Å². The third-order valence-electron chi connectivity index (χ3n) is 3.60. The van der Waals surface area contributed by atoms with Crippen molar-refractivity contribution in [3.63, 3.8) is 0 Å². The summed E-state index contributed by atoms with van der Waals surface area (Å²) in [6.45, 7) is 4.38. The molecule has 3 heteroatoms. The molecule has 0 radical (unpaired) electrons. The average Bonchev–Trinajstić information content (AvgIpc) is 2.39. The molecule has 1 atom stereocenters. The van der Waals surface area contributed by atoms with E-state index in [0.29, 0.717) is 5.56 Å². The molecule has 17 heavy (non-hydrogen) atoms. The van der Waals surface area contributed by atoms with Crippen LogP contribution in [-0.4, -0.2) is 26.2 Å². The van der Waals surface area contributed by atoms with Gasteiger partial charge in [0.05, 0.1) is 12.7 Å². The van der Waals surface area contributed by atoms with Crippen LogP contribution in [0.1, 0.15) is 35.7 Å². The maximum absolute atomic E-state index is 11.3. The van der Waals surface area contributed by atoms with E-state index >= 15 is 0 Å². The van der Waals surface area contributed by atoms with Gasteiger partial charge in [-0.05, 0) is 37.1 Å². The molecule has 1 aliphatic heterocycles. The molecule has 0 amide bonds. The summed E-state index contributed by atoms with van der Waals surface area (Å²) in [5.74, 6) is -0.275. The summed E-state index contributed by atoms with van der Waals surface area (Å²) >= 11 is 0. The second-order valence-electron chi connectivity index (χ2n) is 4.91. The summed E-state index contributed by atoms with van der Waals surface area (Å²) in [4.78, 5) is 11.3. The molecular weight excluding hydrogens is 214 g/mol. The summed E-state index contributed by atoms with van der Waals surface area (Å²) in [5.41, 5.74) is 2.09. The molecule has 1 N–H and O–H groups in total. The highest BCUT2D eigenvalue weighted by molar-refractivity contribution is 5.89. The molecule has 0 saturated carbocycles. The monoisotopic (exact) mass is 233 g/mol. The van der Waals surface area contributed by atoms with Gasteiger partial charge in [0, 0.05) is 12.0 Å². The second kappa shape index (κ2) is 4.88. The number of rotatable bonds is 2. The van der Waals surface area contributed by atoms with Crippen LogP contribution >= 0.6 is 0 Å². The van der Waals surface area contributed by atoms with Crippen molar-refractivity contribution in [1.29, 1.82) is 0 Å². The smallest absolute Gasteiger partial charge is 0.337 e. The van der Waals surface area contributed by atoms with E-state index in [1.165, 1.54) is 25.5 Å². The minimum Gasteiger partial charge on any atom is -0.465 e. The lowest BCUT2D eigenvalue weighted by atomic mass is 9.76. The predicted molar refractivity (Wildman–Crippen MR) is 67.2 cm³/mol. The fraction of sp³-hybridized carbons (Fsp3) is 0.500. The first-order valence-electron chi connectivity index (χ1n) is 6.05.